The fourth-order valence-corrected chi connectivity index (χ4v) is 3.85. The summed E-state index contributed by atoms with van der Waals surface area (Å²) in [5, 5.41) is 8.73. The van der Waals surface area contributed by atoms with Crippen LogP contribution in [0.3, 0.4) is 0 Å². The molecule has 1 saturated heterocycles. The molecule has 5 heteroatoms. The number of benzene rings is 1. The highest BCUT2D eigenvalue weighted by molar-refractivity contribution is 7.99. The molecule has 1 unspecified atom stereocenters. The van der Waals surface area contributed by atoms with E-state index in [0.717, 1.165) is 28.0 Å². The standard InChI is InChI=1S/C15H18N4S/c1-19(10-6-7-20-9-10)14-8-12(15(16)17)11-4-2-3-5-13(11)18-14/h2-5,8,10H,6-7,9H2,1H3,(H3,16,17). The van der Waals surface area contributed by atoms with Crippen LogP contribution in [0.4, 0.5) is 5.82 Å². The highest BCUT2D eigenvalue weighted by atomic mass is 32.2. The zero-order chi connectivity index (χ0) is 14.1. The van der Waals surface area contributed by atoms with Crippen LogP contribution >= 0.6 is 11.8 Å². The van der Waals surface area contributed by atoms with Gasteiger partial charge in [-0.3, -0.25) is 5.41 Å². The molecule has 1 aromatic carbocycles. The summed E-state index contributed by atoms with van der Waals surface area (Å²) in [6.45, 7) is 0. The third kappa shape index (κ3) is 2.33. The first-order chi connectivity index (χ1) is 9.66. The number of pyridine rings is 1. The lowest BCUT2D eigenvalue weighted by atomic mass is 10.1. The average molecular weight is 286 g/mol. The van der Waals surface area contributed by atoms with E-state index < -0.39 is 0 Å². The maximum Gasteiger partial charge on any atom is 0.130 e. The second-order valence-electron chi connectivity index (χ2n) is 5.09. The average Bonchev–Trinajstić information content (AvgIpc) is 2.99. The largest absolute Gasteiger partial charge is 0.384 e. The summed E-state index contributed by atoms with van der Waals surface area (Å²) in [6.07, 6.45) is 1.19. The Balaban J connectivity index is 2.09. The van der Waals surface area contributed by atoms with Crippen LogP contribution in [0.1, 0.15) is 12.0 Å². The van der Waals surface area contributed by atoms with E-state index in [0.29, 0.717) is 6.04 Å². The predicted octanol–water partition coefficient (Wildman–Crippen LogP) is 2.46. The van der Waals surface area contributed by atoms with E-state index in [2.05, 4.69) is 11.9 Å². The first-order valence-corrected chi connectivity index (χ1v) is 7.87. The molecule has 0 aliphatic carbocycles. The summed E-state index contributed by atoms with van der Waals surface area (Å²) < 4.78 is 0. The first kappa shape index (κ1) is 13.2. The summed E-state index contributed by atoms with van der Waals surface area (Å²) >= 11 is 1.98. The number of nitrogen functional groups attached to an aromatic ring is 1. The number of nitrogens with one attached hydrogen (secondary N) is 1. The second kappa shape index (κ2) is 5.32. The molecule has 20 heavy (non-hydrogen) atoms. The van der Waals surface area contributed by atoms with Crippen molar-refractivity contribution >= 4 is 34.3 Å². The molecule has 0 spiro atoms. The van der Waals surface area contributed by atoms with Crippen molar-refractivity contribution in [1.82, 2.24) is 4.98 Å². The van der Waals surface area contributed by atoms with Gasteiger partial charge in [0, 0.05) is 29.8 Å². The highest BCUT2D eigenvalue weighted by Gasteiger charge is 2.22. The van der Waals surface area contributed by atoms with Crippen molar-refractivity contribution in [2.45, 2.75) is 12.5 Å². The smallest absolute Gasteiger partial charge is 0.130 e. The van der Waals surface area contributed by atoms with Gasteiger partial charge in [-0.2, -0.15) is 11.8 Å². The van der Waals surface area contributed by atoms with Gasteiger partial charge >= 0.3 is 0 Å². The van der Waals surface area contributed by atoms with Gasteiger partial charge in [0.1, 0.15) is 11.7 Å². The quantitative estimate of drug-likeness (QED) is 0.672. The third-order valence-corrected chi connectivity index (χ3v) is 4.95. The Bertz CT molecular complexity index is 649. The van der Waals surface area contributed by atoms with Gasteiger partial charge in [-0.25, -0.2) is 4.98 Å². The van der Waals surface area contributed by atoms with Crippen molar-refractivity contribution in [3.63, 3.8) is 0 Å². The van der Waals surface area contributed by atoms with E-state index >= 15 is 0 Å². The number of fused-ring (bicyclic) bond motifs is 1. The Morgan fingerprint density at radius 2 is 2.25 bits per heavy atom. The molecule has 0 radical (unpaired) electrons. The molecular weight excluding hydrogens is 268 g/mol. The fraction of sp³-hybridized carbons (Fsp3) is 0.333. The Hall–Kier alpha value is -1.75. The number of hydrogen-bond donors (Lipinski definition) is 2. The number of hydrogen-bond acceptors (Lipinski definition) is 4. The van der Waals surface area contributed by atoms with Gasteiger partial charge < -0.3 is 10.6 Å². The Morgan fingerprint density at radius 1 is 1.45 bits per heavy atom. The minimum Gasteiger partial charge on any atom is -0.384 e. The topological polar surface area (TPSA) is 66.0 Å². The van der Waals surface area contributed by atoms with Crippen LogP contribution < -0.4 is 10.6 Å². The van der Waals surface area contributed by atoms with Crippen LogP contribution in [0.5, 0.6) is 0 Å². The molecular formula is C15H18N4S. The van der Waals surface area contributed by atoms with Crippen LogP contribution in [0.15, 0.2) is 30.3 Å². The molecule has 0 saturated carbocycles. The molecule has 1 atom stereocenters. The summed E-state index contributed by atoms with van der Waals surface area (Å²) in [5.41, 5.74) is 7.40. The van der Waals surface area contributed by atoms with Crippen molar-refractivity contribution in [1.29, 1.82) is 5.41 Å². The molecule has 1 fully saturated rings. The number of aromatic nitrogens is 1. The highest BCUT2D eigenvalue weighted by Crippen LogP contribution is 2.27. The molecule has 1 aliphatic rings. The normalized spacial score (nSPS) is 18.4. The predicted molar refractivity (Wildman–Crippen MR) is 86.9 cm³/mol. The molecule has 1 aromatic heterocycles. The van der Waals surface area contributed by atoms with Crippen molar-refractivity contribution < 1.29 is 0 Å². The second-order valence-corrected chi connectivity index (χ2v) is 6.24. The number of amidine groups is 1. The summed E-state index contributed by atoms with van der Waals surface area (Å²) in [5.74, 6) is 3.35. The zero-order valence-electron chi connectivity index (χ0n) is 11.5. The lowest BCUT2D eigenvalue weighted by Crippen LogP contribution is -2.32. The van der Waals surface area contributed by atoms with Gasteiger partial charge in [-0.05, 0) is 24.3 Å². The van der Waals surface area contributed by atoms with E-state index in [1.54, 1.807) is 0 Å². The van der Waals surface area contributed by atoms with E-state index in [-0.39, 0.29) is 5.84 Å². The van der Waals surface area contributed by atoms with E-state index in [9.17, 15) is 0 Å². The number of thioether (sulfide) groups is 1. The Labute approximate surface area is 122 Å². The van der Waals surface area contributed by atoms with E-state index in [1.807, 2.05) is 42.1 Å². The van der Waals surface area contributed by atoms with Gasteiger partial charge in [-0.15, -0.1) is 0 Å². The van der Waals surface area contributed by atoms with E-state index in [1.165, 1.54) is 12.2 Å². The monoisotopic (exact) mass is 286 g/mol. The SMILES string of the molecule is CN(c1cc(C(=N)N)c2ccccc2n1)C1CCSC1. The number of nitrogens with zero attached hydrogens (tertiary/aromatic N) is 2. The Kier molecular flexibility index (Phi) is 3.53. The van der Waals surface area contributed by atoms with Crippen LogP contribution in [0, 0.1) is 5.41 Å². The number of nitrogens with two attached hydrogens (primary N) is 1. The van der Waals surface area contributed by atoms with Crippen molar-refractivity contribution in [2.75, 3.05) is 23.5 Å². The lowest BCUT2D eigenvalue weighted by molar-refractivity contribution is 0.693. The van der Waals surface area contributed by atoms with Crippen molar-refractivity contribution in [3.8, 4) is 0 Å². The van der Waals surface area contributed by atoms with Gasteiger partial charge in [0.25, 0.3) is 0 Å². The van der Waals surface area contributed by atoms with Crippen LogP contribution in [-0.4, -0.2) is 35.4 Å². The van der Waals surface area contributed by atoms with Gasteiger partial charge in [0.2, 0.25) is 0 Å². The van der Waals surface area contributed by atoms with Gasteiger partial charge in [-0.1, -0.05) is 18.2 Å². The maximum atomic E-state index is 7.79. The number of para-hydroxylation sites is 1. The molecule has 2 aromatic rings. The van der Waals surface area contributed by atoms with Gasteiger partial charge in [0.05, 0.1) is 5.52 Å². The molecule has 1 aliphatic heterocycles. The van der Waals surface area contributed by atoms with Crippen molar-refractivity contribution in [2.24, 2.45) is 5.73 Å². The van der Waals surface area contributed by atoms with Crippen molar-refractivity contribution in [3.05, 3.63) is 35.9 Å². The molecule has 4 nitrogen and oxygen atoms in total. The minimum atomic E-state index is 0.0963. The van der Waals surface area contributed by atoms with E-state index in [4.69, 9.17) is 16.1 Å². The molecule has 3 rings (SSSR count). The molecule has 0 bridgehead atoms. The summed E-state index contributed by atoms with van der Waals surface area (Å²) in [7, 11) is 2.08. The molecule has 104 valence electrons. The zero-order valence-corrected chi connectivity index (χ0v) is 12.3. The number of anilines is 1. The maximum absolute atomic E-state index is 7.79. The molecule has 2 heterocycles. The molecule has 0 amide bonds. The first-order valence-electron chi connectivity index (χ1n) is 6.71. The van der Waals surface area contributed by atoms with Crippen LogP contribution in [0.2, 0.25) is 0 Å². The Morgan fingerprint density at radius 3 is 2.95 bits per heavy atom. The third-order valence-electron chi connectivity index (χ3n) is 3.81. The minimum absolute atomic E-state index is 0.0963. The summed E-state index contributed by atoms with van der Waals surface area (Å²) in [4.78, 5) is 6.95. The summed E-state index contributed by atoms with van der Waals surface area (Å²) in [6, 6.07) is 10.3. The van der Waals surface area contributed by atoms with Gasteiger partial charge in [0.15, 0.2) is 0 Å². The molecule has 3 N–H and O–H groups in total. The number of rotatable bonds is 3. The lowest BCUT2D eigenvalue weighted by Gasteiger charge is -2.25. The fourth-order valence-electron chi connectivity index (χ4n) is 2.58. The van der Waals surface area contributed by atoms with Crippen LogP contribution in [-0.2, 0) is 0 Å². The van der Waals surface area contributed by atoms with Crippen LogP contribution in [0.25, 0.3) is 10.9 Å².